The van der Waals surface area contributed by atoms with Crippen LogP contribution in [0, 0.1) is 0 Å². The van der Waals surface area contributed by atoms with Gasteiger partial charge in [0.25, 0.3) is 5.91 Å². The maximum atomic E-state index is 12.0. The first-order valence-corrected chi connectivity index (χ1v) is 6.82. The number of hydrogen-bond acceptors (Lipinski definition) is 3. The number of ether oxygens (including phenoxy) is 1. The summed E-state index contributed by atoms with van der Waals surface area (Å²) in [4.78, 5) is 12.4. The number of hydrogen-bond donors (Lipinski definition) is 2. The lowest BCUT2D eigenvalue weighted by molar-refractivity contribution is 0.0951. The zero-order valence-electron chi connectivity index (χ0n) is 11.6. The smallest absolute Gasteiger partial charge is 0.251 e. The van der Waals surface area contributed by atoms with Crippen molar-refractivity contribution in [1.29, 1.82) is 0 Å². The summed E-state index contributed by atoms with van der Waals surface area (Å²) in [5, 5.41) is 2.86. The van der Waals surface area contributed by atoms with Crippen molar-refractivity contribution in [1.82, 2.24) is 5.32 Å². The van der Waals surface area contributed by atoms with Crippen LogP contribution < -0.4 is 15.8 Å². The van der Waals surface area contributed by atoms with Crippen molar-refractivity contribution in [3.8, 4) is 5.75 Å². The Kier molecular flexibility index (Phi) is 4.90. The molecule has 0 heterocycles. The minimum Gasteiger partial charge on any atom is -0.497 e. The van der Waals surface area contributed by atoms with Gasteiger partial charge in [0.15, 0.2) is 0 Å². The monoisotopic (exact) mass is 300 g/mol. The van der Waals surface area contributed by atoms with Gasteiger partial charge in [0, 0.05) is 17.7 Å². The third-order valence-electron chi connectivity index (χ3n) is 3.04. The van der Waals surface area contributed by atoms with E-state index in [0.717, 1.165) is 16.9 Å². The number of methoxy groups -OCH3 is 1. The van der Waals surface area contributed by atoms with Gasteiger partial charge in [-0.1, -0.05) is 36.5 Å². The summed E-state index contributed by atoms with van der Waals surface area (Å²) in [6.45, 7) is 0.447. The number of amides is 1. The fraction of sp³-hybridized carbons (Fsp3) is 0.125. The van der Waals surface area contributed by atoms with Crippen LogP contribution in [0.2, 0.25) is 0 Å². The molecule has 0 saturated heterocycles. The maximum absolute atomic E-state index is 12.0. The molecule has 2 rings (SSSR count). The van der Waals surface area contributed by atoms with Gasteiger partial charge in [-0.15, -0.1) is 0 Å². The molecule has 3 N–H and O–H groups in total. The second-order valence-electron chi connectivity index (χ2n) is 4.47. The zero-order chi connectivity index (χ0) is 15.2. The highest BCUT2D eigenvalue weighted by molar-refractivity contribution is 7.80. The molecule has 0 radical (unpaired) electrons. The van der Waals surface area contributed by atoms with Gasteiger partial charge in [-0.2, -0.15) is 0 Å². The first-order valence-electron chi connectivity index (χ1n) is 6.41. The molecule has 4 nitrogen and oxygen atoms in total. The van der Waals surface area contributed by atoms with Crippen LogP contribution in [-0.2, 0) is 6.54 Å². The van der Waals surface area contributed by atoms with Crippen LogP contribution in [0.1, 0.15) is 21.5 Å². The molecule has 5 heteroatoms. The summed E-state index contributed by atoms with van der Waals surface area (Å²) in [7, 11) is 1.59. The Morgan fingerprint density at radius 3 is 2.19 bits per heavy atom. The molecule has 2 aromatic rings. The van der Waals surface area contributed by atoms with Gasteiger partial charge >= 0.3 is 0 Å². The van der Waals surface area contributed by atoms with Crippen molar-refractivity contribution in [2.45, 2.75) is 6.54 Å². The van der Waals surface area contributed by atoms with Gasteiger partial charge in [0.05, 0.1) is 7.11 Å². The molecule has 108 valence electrons. The van der Waals surface area contributed by atoms with E-state index in [9.17, 15) is 4.79 Å². The Hall–Kier alpha value is -2.40. The zero-order valence-corrected chi connectivity index (χ0v) is 12.4. The lowest BCUT2D eigenvalue weighted by atomic mass is 10.1. The molecule has 1 amide bonds. The molecule has 0 aliphatic heterocycles. The average molecular weight is 300 g/mol. The Morgan fingerprint density at radius 1 is 1.10 bits per heavy atom. The van der Waals surface area contributed by atoms with Gasteiger partial charge in [0.2, 0.25) is 0 Å². The molecule has 0 aliphatic carbocycles. The van der Waals surface area contributed by atoms with Crippen LogP contribution in [0.4, 0.5) is 0 Å². The minimum atomic E-state index is -0.129. The molecular weight excluding hydrogens is 284 g/mol. The Labute approximate surface area is 128 Å². The van der Waals surface area contributed by atoms with E-state index in [1.54, 1.807) is 31.4 Å². The normalized spacial score (nSPS) is 9.95. The van der Waals surface area contributed by atoms with E-state index in [1.807, 2.05) is 24.3 Å². The van der Waals surface area contributed by atoms with Crippen molar-refractivity contribution in [3.05, 3.63) is 65.2 Å². The highest BCUT2D eigenvalue weighted by Gasteiger charge is 2.05. The first kappa shape index (κ1) is 15.0. The van der Waals surface area contributed by atoms with Crippen LogP contribution in [0.3, 0.4) is 0 Å². The van der Waals surface area contributed by atoms with Crippen LogP contribution in [0.15, 0.2) is 48.5 Å². The lowest BCUT2D eigenvalue weighted by Gasteiger charge is -2.07. The molecule has 0 bridgehead atoms. The number of rotatable bonds is 5. The number of thiocarbonyl (C=S) groups is 1. The molecule has 0 fully saturated rings. The number of benzene rings is 2. The maximum Gasteiger partial charge on any atom is 0.251 e. The third-order valence-corrected chi connectivity index (χ3v) is 3.28. The van der Waals surface area contributed by atoms with Gasteiger partial charge in [-0.3, -0.25) is 4.79 Å². The largest absolute Gasteiger partial charge is 0.497 e. The molecule has 0 aromatic heterocycles. The number of nitrogens with two attached hydrogens (primary N) is 1. The average Bonchev–Trinajstić information content (AvgIpc) is 2.53. The molecular formula is C16H16N2O2S. The summed E-state index contributed by atoms with van der Waals surface area (Å²) in [5.41, 5.74) is 7.93. The van der Waals surface area contributed by atoms with E-state index in [-0.39, 0.29) is 5.91 Å². The first-order chi connectivity index (χ1) is 10.1. The van der Waals surface area contributed by atoms with Crippen molar-refractivity contribution >= 4 is 23.1 Å². The van der Waals surface area contributed by atoms with Gasteiger partial charge < -0.3 is 15.8 Å². The molecule has 21 heavy (non-hydrogen) atoms. The topological polar surface area (TPSA) is 64.3 Å². The van der Waals surface area contributed by atoms with Crippen molar-refractivity contribution in [2.24, 2.45) is 5.73 Å². The van der Waals surface area contributed by atoms with Crippen LogP contribution in [0.25, 0.3) is 0 Å². The summed E-state index contributed by atoms with van der Waals surface area (Å²) < 4.78 is 5.06. The van der Waals surface area contributed by atoms with E-state index in [4.69, 9.17) is 22.7 Å². The Bertz CT molecular complexity index is 636. The second kappa shape index (κ2) is 6.85. The highest BCUT2D eigenvalue weighted by atomic mass is 32.1. The Balaban J connectivity index is 1.95. The standard InChI is InChI=1S/C16H16N2O2S/c1-20-14-8-6-13(7-9-14)16(19)18-10-11-2-4-12(5-3-11)15(17)21/h2-9H,10H2,1H3,(H2,17,21)(H,18,19). The lowest BCUT2D eigenvalue weighted by Crippen LogP contribution is -2.22. The summed E-state index contributed by atoms with van der Waals surface area (Å²) in [5.74, 6) is 0.593. The number of carbonyl (C=O) groups is 1. The predicted molar refractivity (Wildman–Crippen MR) is 86.5 cm³/mol. The van der Waals surface area contributed by atoms with Gasteiger partial charge in [-0.25, -0.2) is 0 Å². The second-order valence-corrected chi connectivity index (χ2v) is 4.91. The molecule has 0 unspecified atom stereocenters. The highest BCUT2D eigenvalue weighted by Crippen LogP contribution is 2.11. The van der Waals surface area contributed by atoms with Crippen molar-refractivity contribution < 1.29 is 9.53 Å². The molecule has 2 aromatic carbocycles. The van der Waals surface area contributed by atoms with Gasteiger partial charge in [-0.05, 0) is 29.8 Å². The molecule has 0 atom stereocenters. The van der Waals surface area contributed by atoms with E-state index >= 15 is 0 Å². The van der Waals surface area contributed by atoms with Crippen molar-refractivity contribution in [3.63, 3.8) is 0 Å². The Morgan fingerprint density at radius 2 is 1.67 bits per heavy atom. The van der Waals surface area contributed by atoms with E-state index < -0.39 is 0 Å². The van der Waals surface area contributed by atoms with E-state index in [1.165, 1.54) is 0 Å². The van der Waals surface area contributed by atoms with Gasteiger partial charge in [0.1, 0.15) is 10.7 Å². The summed E-state index contributed by atoms with van der Waals surface area (Å²) in [6, 6.07) is 14.4. The summed E-state index contributed by atoms with van der Waals surface area (Å²) in [6.07, 6.45) is 0. The minimum absolute atomic E-state index is 0.129. The van der Waals surface area contributed by atoms with Crippen LogP contribution in [0.5, 0.6) is 5.75 Å². The fourth-order valence-electron chi connectivity index (χ4n) is 1.81. The SMILES string of the molecule is COc1ccc(C(=O)NCc2ccc(C(N)=S)cc2)cc1. The van der Waals surface area contributed by atoms with Crippen LogP contribution >= 0.6 is 12.2 Å². The van der Waals surface area contributed by atoms with E-state index in [2.05, 4.69) is 5.32 Å². The predicted octanol–water partition coefficient (Wildman–Crippen LogP) is 2.26. The van der Waals surface area contributed by atoms with Crippen LogP contribution in [-0.4, -0.2) is 18.0 Å². The molecule has 0 aliphatic rings. The quantitative estimate of drug-likeness (QED) is 0.831. The molecule has 0 saturated carbocycles. The molecule has 0 spiro atoms. The number of carbonyl (C=O) groups excluding carboxylic acids is 1. The van der Waals surface area contributed by atoms with Crippen molar-refractivity contribution in [2.75, 3.05) is 7.11 Å². The van der Waals surface area contributed by atoms with E-state index in [0.29, 0.717) is 17.1 Å². The number of nitrogens with one attached hydrogen (secondary N) is 1. The third kappa shape index (κ3) is 4.03. The summed E-state index contributed by atoms with van der Waals surface area (Å²) >= 11 is 4.89. The fourth-order valence-corrected chi connectivity index (χ4v) is 1.95.